The molecule has 0 saturated carbocycles. The summed E-state index contributed by atoms with van der Waals surface area (Å²) in [7, 11) is 2.76. The van der Waals surface area contributed by atoms with Crippen molar-refractivity contribution in [3.05, 3.63) is 52.9 Å². The van der Waals surface area contributed by atoms with Crippen LogP contribution in [0.25, 0.3) is 0 Å². The Bertz CT molecular complexity index is 1140. The van der Waals surface area contributed by atoms with Gasteiger partial charge in [0.1, 0.15) is 11.6 Å². The van der Waals surface area contributed by atoms with Gasteiger partial charge in [0.15, 0.2) is 0 Å². The van der Waals surface area contributed by atoms with Gasteiger partial charge in [0.05, 0.1) is 38.2 Å². The molecule has 1 N–H and O–H groups in total. The number of carbonyl (C=O) groups excluding carboxylic acids is 2. The van der Waals surface area contributed by atoms with Crippen LogP contribution in [0.4, 0.5) is 14.0 Å². The maximum Gasteiger partial charge on any atom is 0.409 e. The van der Waals surface area contributed by atoms with E-state index in [1.54, 1.807) is 11.0 Å². The maximum absolute atomic E-state index is 13.9. The number of imidazole rings is 1. The van der Waals surface area contributed by atoms with E-state index in [9.17, 15) is 14.0 Å². The Hall–Kier alpha value is -3.14. The molecule has 2 aromatic rings. The van der Waals surface area contributed by atoms with Crippen LogP contribution in [-0.2, 0) is 22.4 Å². The molecule has 0 aliphatic carbocycles. The number of piperidine rings is 1. The van der Waals surface area contributed by atoms with Crippen molar-refractivity contribution in [2.45, 2.75) is 76.2 Å². The minimum absolute atomic E-state index is 0.292. The molecule has 1 aromatic heterocycles. The van der Waals surface area contributed by atoms with Gasteiger partial charge in [-0.2, -0.15) is 0 Å². The third kappa shape index (κ3) is 5.16. The topological polar surface area (TPSA) is 88.9 Å². The van der Waals surface area contributed by atoms with Crippen LogP contribution in [0.1, 0.15) is 67.0 Å². The van der Waals surface area contributed by atoms with Gasteiger partial charge < -0.3 is 24.3 Å². The van der Waals surface area contributed by atoms with Crippen molar-refractivity contribution in [2.75, 3.05) is 27.3 Å². The average Bonchev–Trinajstić information content (AvgIpc) is 3.35. The Labute approximate surface area is 216 Å². The molecule has 4 heterocycles. The Morgan fingerprint density at radius 2 is 1.92 bits per heavy atom. The second kappa shape index (κ2) is 10.7. The zero-order chi connectivity index (χ0) is 26.1. The molecule has 1 unspecified atom stereocenters. The first-order valence-corrected chi connectivity index (χ1v) is 13.1. The SMILES string of the molecule is COC(=O)N[C@@H](CCN1[C@@H]2CC[C@H]1CC(n1c(C)nc3c1CN(C(=O)OC)CC3)C2)c1cccc(F)c1. The molecule has 3 aliphatic rings. The number of aromatic nitrogens is 2. The summed E-state index contributed by atoms with van der Waals surface area (Å²) in [6.45, 7) is 4.04. The van der Waals surface area contributed by atoms with Crippen LogP contribution >= 0.6 is 0 Å². The summed E-state index contributed by atoms with van der Waals surface area (Å²) < 4.78 is 26.1. The second-order valence-corrected chi connectivity index (χ2v) is 10.3. The van der Waals surface area contributed by atoms with Crippen molar-refractivity contribution >= 4 is 12.2 Å². The standard InChI is InChI=1S/C27H36FN5O4/c1-17-29-24-9-11-31(27(35)37-3)16-25(24)33(17)22-14-20-7-8-21(15-22)32(20)12-10-23(30-26(34)36-2)18-5-4-6-19(28)13-18/h4-6,13,20-23H,7-12,14-16H2,1-3H3,(H,30,34)/t20-,21+,22?,23-/m0/s1. The van der Waals surface area contributed by atoms with Gasteiger partial charge in [0.25, 0.3) is 0 Å². The number of fused-ring (bicyclic) bond motifs is 3. The first-order chi connectivity index (χ1) is 17.9. The number of hydrogen-bond acceptors (Lipinski definition) is 6. The van der Waals surface area contributed by atoms with E-state index in [4.69, 9.17) is 14.5 Å². The smallest absolute Gasteiger partial charge is 0.409 e. The predicted molar refractivity (Wildman–Crippen MR) is 135 cm³/mol. The molecule has 10 heteroatoms. The second-order valence-electron chi connectivity index (χ2n) is 10.3. The van der Waals surface area contributed by atoms with Crippen molar-refractivity contribution in [1.82, 2.24) is 24.7 Å². The number of ether oxygens (including phenoxy) is 2. The fourth-order valence-corrected chi connectivity index (χ4v) is 6.63. The highest BCUT2D eigenvalue weighted by molar-refractivity contribution is 5.68. The Morgan fingerprint density at radius 1 is 1.16 bits per heavy atom. The van der Waals surface area contributed by atoms with Gasteiger partial charge in [-0.15, -0.1) is 0 Å². The number of aryl methyl sites for hydroxylation is 1. The summed E-state index contributed by atoms with van der Waals surface area (Å²) in [6, 6.07) is 7.28. The van der Waals surface area contributed by atoms with Crippen LogP contribution < -0.4 is 5.32 Å². The average molecular weight is 514 g/mol. The van der Waals surface area contributed by atoms with Gasteiger partial charge in [-0.1, -0.05) is 12.1 Å². The number of carbonyl (C=O) groups is 2. The van der Waals surface area contributed by atoms with Gasteiger partial charge in [-0.05, 0) is 56.7 Å². The third-order valence-corrected chi connectivity index (χ3v) is 8.29. The number of hydrogen-bond donors (Lipinski definition) is 1. The van der Waals surface area contributed by atoms with E-state index in [0.29, 0.717) is 37.6 Å². The highest BCUT2D eigenvalue weighted by Crippen LogP contribution is 2.43. The van der Waals surface area contributed by atoms with E-state index in [2.05, 4.69) is 21.7 Å². The van der Waals surface area contributed by atoms with Crippen LogP contribution in [-0.4, -0.2) is 70.9 Å². The fraction of sp³-hybridized carbons (Fsp3) is 0.593. The number of methoxy groups -OCH3 is 2. The molecule has 4 atom stereocenters. The minimum Gasteiger partial charge on any atom is -0.453 e. The Balaban J connectivity index is 1.28. The lowest BCUT2D eigenvalue weighted by molar-refractivity contribution is 0.0956. The van der Waals surface area contributed by atoms with Gasteiger partial charge >= 0.3 is 12.2 Å². The molecular weight excluding hydrogens is 477 g/mol. The first-order valence-electron chi connectivity index (χ1n) is 13.1. The lowest BCUT2D eigenvalue weighted by Crippen LogP contribution is -2.45. The van der Waals surface area contributed by atoms with Crippen LogP contribution in [0.2, 0.25) is 0 Å². The van der Waals surface area contributed by atoms with Crippen molar-refractivity contribution in [3.63, 3.8) is 0 Å². The van der Waals surface area contributed by atoms with Crippen molar-refractivity contribution in [2.24, 2.45) is 0 Å². The molecule has 0 spiro atoms. The van der Waals surface area contributed by atoms with Crippen LogP contribution in [0, 0.1) is 12.7 Å². The van der Waals surface area contributed by atoms with Gasteiger partial charge in [0.2, 0.25) is 0 Å². The summed E-state index contributed by atoms with van der Waals surface area (Å²) in [4.78, 5) is 33.4. The maximum atomic E-state index is 13.9. The highest BCUT2D eigenvalue weighted by atomic mass is 19.1. The number of alkyl carbamates (subject to hydrolysis) is 1. The van der Waals surface area contributed by atoms with E-state index >= 15 is 0 Å². The number of amides is 2. The van der Waals surface area contributed by atoms with Crippen molar-refractivity contribution < 1.29 is 23.5 Å². The molecule has 1 aromatic carbocycles. The molecule has 200 valence electrons. The summed E-state index contributed by atoms with van der Waals surface area (Å²) >= 11 is 0. The molecule has 3 aliphatic heterocycles. The highest BCUT2D eigenvalue weighted by Gasteiger charge is 2.42. The van der Waals surface area contributed by atoms with E-state index in [-0.39, 0.29) is 18.0 Å². The normalized spacial score (nSPS) is 23.9. The lowest BCUT2D eigenvalue weighted by Gasteiger charge is -2.41. The molecule has 2 bridgehead atoms. The summed E-state index contributed by atoms with van der Waals surface area (Å²) in [6.07, 6.45) is 4.93. The monoisotopic (exact) mass is 513 g/mol. The van der Waals surface area contributed by atoms with Crippen molar-refractivity contribution in [1.29, 1.82) is 0 Å². The molecule has 2 amide bonds. The molecule has 2 saturated heterocycles. The van der Waals surface area contributed by atoms with Crippen molar-refractivity contribution in [3.8, 4) is 0 Å². The van der Waals surface area contributed by atoms with Gasteiger partial charge in [-0.3, -0.25) is 4.90 Å². The van der Waals surface area contributed by atoms with E-state index in [1.165, 1.54) is 26.4 Å². The molecule has 2 fully saturated rings. The molecule has 0 radical (unpaired) electrons. The quantitative estimate of drug-likeness (QED) is 0.626. The lowest BCUT2D eigenvalue weighted by atomic mass is 9.95. The van der Waals surface area contributed by atoms with Crippen LogP contribution in [0.5, 0.6) is 0 Å². The summed E-state index contributed by atoms with van der Waals surface area (Å²) in [5.41, 5.74) is 2.98. The number of benzene rings is 1. The zero-order valence-electron chi connectivity index (χ0n) is 21.8. The molecule has 9 nitrogen and oxygen atoms in total. The minimum atomic E-state index is -0.516. The van der Waals surface area contributed by atoms with Gasteiger partial charge in [0, 0.05) is 37.6 Å². The Morgan fingerprint density at radius 3 is 2.59 bits per heavy atom. The first kappa shape index (κ1) is 25.5. The van der Waals surface area contributed by atoms with E-state index in [0.717, 1.165) is 61.4 Å². The molecular formula is C27H36FN5O4. The number of rotatable bonds is 6. The Kier molecular flexibility index (Phi) is 7.37. The zero-order valence-corrected chi connectivity index (χ0v) is 21.8. The predicted octanol–water partition coefficient (Wildman–Crippen LogP) is 4.11. The van der Waals surface area contributed by atoms with Crippen LogP contribution in [0.3, 0.4) is 0 Å². The van der Waals surface area contributed by atoms with E-state index in [1.807, 2.05) is 6.07 Å². The fourth-order valence-electron chi connectivity index (χ4n) is 6.63. The molecule has 5 rings (SSSR count). The van der Waals surface area contributed by atoms with Gasteiger partial charge in [-0.25, -0.2) is 19.0 Å². The largest absolute Gasteiger partial charge is 0.453 e. The summed E-state index contributed by atoms with van der Waals surface area (Å²) in [5, 5.41) is 2.88. The molecule has 37 heavy (non-hydrogen) atoms. The number of halogens is 1. The van der Waals surface area contributed by atoms with Crippen LogP contribution in [0.15, 0.2) is 24.3 Å². The number of nitrogens with zero attached hydrogens (tertiary/aromatic N) is 4. The third-order valence-electron chi connectivity index (χ3n) is 8.29. The van der Waals surface area contributed by atoms with E-state index < -0.39 is 6.09 Å². The number of nitrogens with one attached hydrogen (secondary N) is 1. The summed E-state index contributed by atoms with van der Waals surface area (Å²) in [5.74, 6) is 0.697.